The number of nitrogens with zero attached hydrogens (tertiary/aromatic N) is 2. The number of pyridine rings is 1. The molecule has 0 radical (unpaired) electrons. The molecule has 4 heteroatoms. The van der Waals surface area contributed by atoms with Crippen molar-refractivity contribution in [1.82, 2.24) is 10.3 Å². The fourth-order valence-electron chi connectivity index (χ4n) is 2.54. The Morgan fingerprint density at radius 3 is 2.89 bits per heavy atom. The minimum absolute atomic E-state index is 0.192. The number of β-amino-alcohol motifs (C(OH)–C–C–N with tert-alkyl or cyclic N) is 1. The Hall–Kier alpha value is -1.13. The van der Waals surface area contributed by atoms with Gasteiger partial charge in [0.25, 0.3) is 0 Å². The molecule has 18 heavy (non-hydrogen) atoms. The summed E-state index contributed by atoms with van der Waals surface area (Å²) in [6, 6.07) is 2.95. The fourth-order valence-corrected chi connectivity index (χ4v) is 2.54. The molecule has 1 aromatic heterocycles. The third-order valence-electron chi connectivity index (χ3n) is 3.74. The summed E-state index contributed by atoms with van der Waals surface area (Å²) < 4.78 is 0. The highest BCUT2D eigenvalue weighted by molar-refractivity contribution is 5.48. The van der Waals surface area contributed by atoms with Crippen molar-refractivity contribution < 1.29 is 5.11 Å². The number of hydrogen-bond acceptors (Lipinski definition) is 4. The summed E-state index contributed by atoms with van der Waals surface area (Å²) in [4.78, 5) is 6.75. The lowest BCUT2D eigenvalue weighted by atomic mass is 10.2. The molecule has 98 valence electrons. The number of aromatic nitrogens is 1. The van der Waals surface area contributed by atoms with Crippen LogP contribution in [0.3, 0.4) is 0 Å². The summed E-state index contributed by atoms with van der Waals surface area (Å²) in [5.74, 6) is 1.03. The lowest BCUT2D eigenvalue weighted by molar-refractivity contribution is 0.198. The largest absolute Gasteiger partial charge is 0.391 e. The zero-order chi connectivity index (χ0) is 12.5. The van der Waals surface area contributed by atoms with Gasteiger partial charge in [0.05, 0.1) is 6.10 Å². The molecule has 1 aliphatic carbocycles. The molecule has 2 fully saturated rings. The Morgan fingerprint density at radius 1 is 1.44 bits per heavy atom. The summed E-state index contributed by atoms with van der Waals surface area (Å²) in [7, 11) is 0. The zero-order valence-corrected chi connectivity index (χ0v) is 10.9. The van der Waals surface area contributed by atoms with Gasteiger partial charge >= 0.3 is 0 Å². The molecule has 4 nitrogen and oxygen atoms in total. The van der Waals surface area contributed by atoms with Crippen LogP contribution in [0.5, 0.6) is 0 Å². The van der Waals surface area contributed by atoms with Crippen molar-refractivity contribution >= 4 is 5.82 Å². The molecule has 1 saturated heterocycles. The number of aliphatic hydroxyl groups excluding tert-OH is 1. The van der Waals surface area contributed by atoms with Crippen molar-refractivity contribution in [3.8, 4) is 0 Å². The highest BCUT2D eigenvalue weighted by Gasteiger charge is 2.23. The van der Waals surface area contributed by atoms with Gasteiger partial charge in [-0.15, -0.1) is 0 Å². The van der Waals surface area contributed by atoms with E-state index in [-0.39, 0.29) is 6.10 Å². The molecular formula is C14H21N3O. The van der Waals surface area contributed by atoms with Crippen molar-refractivity contribution in [3.05, 3.63) is 23.4 Å². The smallest absolute Gasteiger partial charge is 0.131 e. The van der Waals surface area contributed by atoms with E-state index >= 15 is 0 Å². The molecule has 1 saturated carbocycles. The molecule has 1 unspecified atom stereocenters. The summed E-state index contributed by atoms with van der Waals surface area (Å²) in [5, 5.41) is 13.1. The SMILES string of the molecule is Cc1cc(CNC2CC2)cnc1N1CCC(O)C1. The predicted molar refractivity (Wildman–Crippen MR) is 71.7 cm³/mol. The van der Waals surface area contributed by atoms with Crippen LogP contribution in [-0.4, -0.2) is 35.3 Å². The second kappa shape index (κ2) is 4.86. The van der Waals surface area contributed by atoms with E-state index in [2.05, 4.69) is 28.2 Å². The van der Waals surface area contributed by atoms with Crippen molar-refractivity contribution in [3.63, 3.8) is 0 Å². The van der Waals surface area contributed by atoms with E-state index in [0.29, 0.717) is 6.54 Å². The van der Waals surface area contributed by atoms with Gasteiger partial charge in [0.15, 0.2) is 0 Å². The van der Waals surface area contributed by atoms with Crippen LogP contribution in [0.2, 0.25) is 0 Å². The molecule has 0 aromatic carbocycles. The number of nitrogens with one attached hydrogen (secondary N) is 1. The minimum Gasteiger partial charge on any atom is -0.391 e. The van der Waals surface area contributed by atoms with Gasteiger partial charge in [0.1, 0.15) is 5.82 Å². The van der Waals surface area contributed by atoms with E-state index in [1.54, 1.807) is 0 Å². The highest BCUT2D eigenvalue weighted by Crippen LogP contribution is 2.23. The molecule has 0 amide bonds. The van der Waals surface area contributed by atoms with Crippen LogP contribution < -0.4 is 10.2 Å². The van der Waals surface area contributed by atoms with Crippen LogP contribution in [0.25, 0.3) is 0 Å². The third-order valence-corrected chi connectivity index (χ3v) is 3.74. The first-order chi connectivity index (χ1) is 8.72. The molecule has 2 heterocycles. The zero-order valence-electron chi connectivity index (χ0n) is 10.9. The van der Waals surface area contributed by atoms with E-state index in [4.69, 9.17) is 0 Å². The van der Waals surface area contributed by atoms with Gasteiger partial charge in [0.2, 0.25) is 0 Å². The van der Waals surface area contributed by atoms with E-state index in [9.17, 15) is 5.11 Å². The average molecular weight is 247 g/mol. The molecule has 1 atom stereocenters. The van der Waals surface area contributed by atoms with Crippen LogP contribution in [0.1, 0.15) is 30.4 Å². The molecule has 2 aliphatic rings. The van der Waals surface area contributed by atoms with Crippen molar-refractivity contribution in [2.45, 2.75) is 44.9 Å². The first-order valence-corrected chi connectivity index (χ1v) is 6.84. The molecule has 0 bridgehead atoms. The quantitative estimate of drug-likeness (QED) is 0.840. The fraction of sp³-hybridized carbons (Fsp3) is 0.643. The van der Waals surface area contributed by atoms with Gasteiger partial charge in [-0.2, -0.15) is 0 Å². The predicted octanol–water partition coefficient (Wildman–Crippen LogP) is 1.21. The lowest BCUT2D eigenvalue weighted by Crippen LogP contribution is -2.23. The van der Waals surface area contributed by atoms with Crippen LogP contribution in [0.4, 0.5) is 5.82 Å². The van der Waals surface area contributed by atoms with Crippen LogP contribution in [0, 0.1) is 6.92 Å². The Kier molecular flexibility index (Phi) is 3.22. The van der Waals surface area contributed by atoms with Crippen molar-refractivity contribution in [1.29, 1.82) is 0 Å². The van der Waals surface area contributed by atoms with Crippen LogP contribution >= 0.6 is 0 Å². The number of anilines is 1. The Morgan fingerprint density at radius 2 is 2.28 bits per heavy atom. The van der Waals surface area contributed by atoms with E-state index in [1.165, 1.54) is 24.0 Å². The number of rotatable bonds is 4. The maximum absolute atomic E-state index is 9.58. The minimum atomic E-state index is -0.192. The van der Waals surface area contributed by atoms with E-state index < -0.39 is 0 Å². The van der Waals surface area contributed by atoms with Crippen molar-refractivity contribution in [2.75, 3.05) is 18.0 Å². The highest BCUT2D eigenvalue weighted by atomic mass is 16.3. The average Bonchev–Trinajstić information content (AvgIpc) is 3.09. The molecule has 1 aliphatic heterocycles. The lowest BCUT2D eigenvalue weighted by Gasteiger charge is -2.19. The third kappa shape index (κ3) is 2.65. The van der Waals surface area contributed by atoms with Gasteiger partial charge in [-0.25, -0.2) is 4.98 Å². The van der Waals surface area contributed by atoms with Gasteiger partial charge in [-0.1, -0.05) is 0 Å². The monoisotopic (exact) mass is 247 g/mol. The summed E-state index contributed by atoms with van der Waals surface area (Å²) in [5.41, 5.74) is 2.46. The second-order valence-corrected chi connectivity index (χ2v) is 5.53. The van der Waals surface area contributed by atoms with Crippen molar-refractivity contribution in [2.24, 2.45) is 0 Å². The molecule has 0 spiro atoms. The van der Waals surface area contributed by atoms with Gasteiger partial charge in [-0.3, -0.25) is 0 Å². The summed E-state index contributed by atoms with van der Waals surface area (Å²) in [6.45, 7) is 4.65. The number of aryl methyl sites for hydroxylation is 1. The standard InChI is InChI=1S/C14H21N3O/c1-10-6-11(7-15-12-2-3-12)8-16-14(10)17-5-4-13(18)9-17/h6,8,12-13,15,18H,2-5,7,9H2,1H3. The normalized spacial score (nSPS) is 23.7. The van der Waals surface area contributed by atoms with Gasteiger partial charge in [-0.05, 0) is 43.4 Å². The Balaban J connectivity index is 1.67. The maximum Gasteiger partial charge on any atom is 0.131 e. The van der Waals surface area contributed by atoms with Crippen LogP contribution in [0.15, 0.2) is 12.3 Å². The van der Waals surface area contributed by atoms with Gasteiger partial charge in [0, 0.05) is 31.9 Å². The summed E-state index contributed by atoms with van der Waals surface area (Å²) >= 11 is 0. The molecule has 3 rings (SSSR count). The summed E-state index contributed by atoms with van der Waals surface area (Å²) in [6.07, 6.45) is 5.25. The Bertz CT molecular complexity index is 431. The van der Waals surface area contributed by atoms with E-state index in [1.807, 2.05) is 6.20 Å². The second-order valence-electron chi connectivity index (χ2n) is 5.53. The molecule has 1 aromatic rings. The molecule has 2 N–H and O–H groups in total. The first kappa shape index (κ1) is 11.9. The van der Waals surface area contributed by atoms with Crippen LogP contribution in [-0.2, 0) is 6.54 Å². The topological polar surface area (TPSA) is 48.4 Å². The van der Waals surface area contributed by atoms with Gasteiger partial charge < -0.3 is 15.3 Å². The first-order valence-electron chi connectivity index (χ1n) is 6.84. The van der Waals surface area contributed by atoms with E-state index in [0.717, 1.165) is 31.4 Å². The maximum atomic E-state index is 9.58. The number of aliphatic hydroxyl groups is 1. The number of hydrogen-bond donors (Lipinski definition) is 2. The Labute approximate surface area is 108 Å². The molecular weight excluding hydrogens is 226 g/mol.